The Kier molecular flexibility index (Phi) is 2.73. The van der Waals surface area contributed by atoms with Gasteiger partial charge in [-0.25, -0.2) is 4.79 Å². The van der Waals surface area contributed by atoms with Gasteiger partial charge in [-0.1, -0.05) is 6.07 Å². The van der Waals surface area contributed by atoms with Gasteiger partial charge in [0.1, 0.15) is 0 Å². The minimum absolute atomic E-state index is 0.0679. The smallest absolute Gasteiger partial charge is 0.337 e. The molecule has 0 unspecified atom stereocenters. The number of benzene rings is 1. The molecular formula is C12H15NO2. The molecule has 0 aliphatic heterocycles. The van der Waals surface area contributed by atoms with E-state index >= 15 is 0 Å². The third kappa shape index (κ3) is 1.88. The van der Waals surface area contributed by atoms with Crippen LogP contribution in [-0.2, 0) is 11.2 Å². The van der Waals surface area contributed by atoms with Gasteiger partial charge in [0.2, 0.25) is 0 Å². The van der Waals surface area contributed by atoms with Gasteiger partial charge in [0.15, 0.2) is 0 Å². The second kappa shape index (κ2) is 4.03. The third-order valence-electron chi connectivity index (χ3n) is 2.93. The van der Waals surface area contributed by atoms with Gasteiger partial charge in [-0.15, -0.1) is 0 Å². The topological polar surface area (TPSA) is 52.3 Å². The second-order valence-electron chi connectivity index (χ2n) is 3.90. The molecule has 0 radical (unpaired) electrons. The van der Waals surface area contributed by atoms with Crippen molar-refractivity contribution in [1.82, 2.24) is 0 Å². The Balaban J connectivity index is 2.39. The Morgan fingerprint density at radius 3 is 3.07 bits per heavy atom. The molecule has 1 aromatic carbocycles. The van der Waals surface area contributed by atoms with Crippen molar-refractivity contribution in [2.24, 2.45) is 5.73 Å². The Hall–Kier alpha value is -1.35. The van der Waals surface area contributed by atoms with Gasteiger partial charge in [-0.3, -0.25) is 0 Å². The molecule has 0 spiro atoms. The highest BCUT2D eigenvalue weighted by Gasteiger charge is 2.18. The van der Waals surface area contributed by atoms with Crippen LogP contribution < -0.4 is 5.73 Å². The van der Waals surface area contributed by atoms with Gasteiger partial charge in [-0.05, 0) is 42.5 Å². The quantitative estimate of drug-likeness (QED) is 0.711. The van der Waals surface area contributed by atoms with Gasteiger partial charge in [0.05, 0.1) is 12.7 Å². The zero-order chi connectivity index (χ0) is 10.8. The van der Waals surface area contributed by atoms with Crippen LogP contribution >= 0.6 is 0 Å². The molecule has 1 aromatic rings. The molecule has 3 heteroatoms. The summed E-state index contributed by atoms with van der Waals surface area (Å²) in [6.07, 6.45) is 3.19. The van der Waals surface area contributed by atoms with E-state index in [1.165, 1.54) is 12.7 Å². The maximum Gasteiger partial charge on any atom is 0.337 e. The number of carbonyl (C=O) groups is 1. The molecule has 15 heavy (non-hydrogen) atoms. The van der Waals surface area contributed by atoms with Crippen LogP contribution in [0.4, 0.5) is 0 Å². The molecule has 1 atom stereocenters. The molecule has 2 N–H and O–H groups in total. The summed E-state index contributed by atoms with van der Waals surface area (Å²) in [7, 11) is 1.39. The van der Waals surface area contributed by atoms with Crippen molar-refractivity contribution in [3.05, 3.63) is 34.9 Å². The van der Waals surface area contributed by atoms with Crippen molar-refractivity contribution in [3.8, 4) is 0 Å². The van der Waals surface area contributed by atoms with Crippen LogP contribution in [0, 0.1) is 0 Å². The molecule has 1 aliphatic carbocycles. The minimum Gasteiger partial charge on any atom is -0.465 e. The van der Waals surface area contributed by atoms with Crippen LogP contribution in [0.5, 0.6) is 0 Å². The van der Waals surface area contributed by atoms with E-state index in [2.05, 4.69) is 4.74 Å². The van der Waals surface area contributed by atoms with Crippen molar-refractivity contribution in [2.75, 3.05) is 7.11 Å². The summed E-state index contributed by atoms with van der Waals surface area (Å²) in [6.45, 7) is 0. The van der Waals surface area contributed by atoms with Gasteiger partial charge in [-0.2, -0.15) is 0 Å². The normalized spacial score (nSPS) is 19.5. The molecule has 2 rings (SSSR count). The average molecular weight is 205 g/mol. The fourth-order valence-corrected chi connectivity index (χ4v) is 2.08. The lowest BCUT2D eigenvalue weighted by molar-refractivity contribution is 0.0600. The monoisotopic (exact) mass is 205 g/mol. The number of carbonyl (C=O) groups excluding carboxylic acids is 1. The summed E-state index contributed by atoms with van der Waals surface area (Å²) in [4.78, 5) is 11.3. The SMILES string of the molecule is COC(=O)c1ccc2c(c1)[C@H](N)CCC2. The highest BCUT2D eigenvalue weighted by molar-refractivity contribution is 5.89. The fourth-order valence-electron chi connectivity index (χ4n) is 2.08. The zero-order valence-electron chi connectivity index (χ0n) is 8.82. The summed E-state index contributed by atoms with van der Waals surface area (Å²) >= 11 is 0. The summed E-state index contributed by atoms with van der Waals surface area (Å²) < 4.78 is 4.68. The van der Waals surface area contributed by atoms with E-state index in [0.717, 1.165) is 24.8 Å². The fraction of sp³-hybridized carbons (Fsp3) is 0.417. The number of hydrogen-bond donors (Lipinski definition) is 1. The summed E-state index contributed by atoms with van der Waals surface area (Å²) in [6, 6.07) is 5.73. The van der Waals surface area contributed by atoms with Gasteiger partial charge in [0, 0.05) is 6.04 Å². The molecule has 80 valence electrons. The van der Waals surface area contributed by atoms with E-state index in [1.807, 2.05) is 18.2 Å². The minimum atomic E-state index is -0.296. The lowest BCUT2D eigenvalue weighted by atomic mass is 9.87. The van der Waals surface area contributed by atoms with Crippen LogP contribution in [0.15, 0.2) is 18.2 Å². The van der Waals surface area contributed by atoms with Crippen molar-refractivity contribution < 1.29 is 9.53 Å². The molecule has 0 bridgehead atoms. The number of nitrogens with two attached hydrogens (primary N) is 1. The van der Waals surface area contributed by atoms with Gasteiger partial charge >= 0.3 is 5.97 Å². The van der Waals surface area contributed by atoms with E-state index in [-0.39, 0.29) is 12.0 Å². The van der Waals surface area contributed by atoms with E-state index in [1.54, 1.807) is 0 Å². The molecule has 0 heterocycles. The number of ether oxygens (including phenoxy) is 1. The van der Waals surface area contributed by atoms with Crippen molar-refractivity contribution in [3.63, 3.8) is 0 Å². The van der Waals surface area contributed by atoms with Crippen molar-refractivity contribution in [2.45, 2.75) is 25.3 Å². The molecule has 0 aromatic heterocycles. The molecule has 0 fully saturated rings. The van der Waals surface area contributed by atoms with E-state index in [9.17, 15) is 4.79 Å². The molecule has 3 nitrogen and oxygen atoms in total. The number of esters is 1. The van der Waals surface area contributed by atoms with Crippen LogP contribution in [0.1, 0.15) is 40.4 Å². The molecular weight excluding hydrogens is 190 g/mol. The lowest BCUT2D eigenvalue weighted by Gasteiger charge is -2.22. The van der Waals surface area contributed by atoms with E-state index in [4.69, 9.17) is 5.73 Å². The Bertz CT molecular complexity index is 387. The predicted octanol–water partition coefficient (Wildman–Crippen LogP) is 1.81. The van der Waals surface area contributed by atoms with E-state index in [0.29, 0.717) is 5.56 Å². The highest BCUT2D eigenvalue weighted by Crippen LogP contribution is 2.28. The number of rotatable bonds is 1. The number of hydrogen-bond acceptors (Lipinski definition) is 3. The highest BCUT2D eigenvalue weighted by atomic mass is 16.5. The largest absolute Gasteiger partial charge is 0.465 e. The first-order valence-corrected chi connectivity index (χ1v) is 5.19. The molecule has 0 saturated carbocycles. The maximum absolute atomic E-state index is 11.3. The predicted molar refractivity (Wildman–Crippen MR) is 57.6 cm³/mol. The number of methoxy groups -OCH3 is 1. The lowest BCUT2D eigenvalue weighted by Crippen LogP contribution is -2.18. The van der Waals surface area contributed by atoms with E-state index < -0.39 is 0 Å². The number of aryl methyl sites for hydroxylation is 1. The first-order chi connectivity index (χ1) is 7.22. The summed E-state index contributed by atoms with van der Waals surface area (Å²) in [5, 5.41) is 0. The average Bonchev–Trinajstić information content (AvgIpc) is 2.28. The zero-order valence-corrected chi connectivity index (χ0v) is 8.82. The summed E-state index contributed by atoms with van der Waals surface area (Å²) in [5.41, 5.74) is 8.96. The second-order valence-corrected chi connectivity index (χ2v) is 3.90. The van der Waals surface area contributed by atoms with Gasteiger partial charge in [0.25, 0.3) is 0 Å². The third-order valence-corrected chi connectivity index (χ3v) is 2.93. The van der Waals surface area contributed by atoms with Crippen molar-refractivity contribution >= 4 is 5.97 Å². The Morgan fingerprint density at radius 1 is 1.53 bits per heavy atom. The van der Waals surface area contributed by atoms with Crippen LogP contribution in [-0.4, -0.2) is 13.1 Å². The standard InChI is InChI=1S/C12H15NO2/c1-15-12(14)9-6-5-8-3-2-4-11(13)10(8)7-9/h5-7,11H,2-4,13H2,1H3/t11-/m1/s1. The molecule has 0 saturated heterocycles. The van der Waals surface area contributed by atoms with Gasteiger partial charge < -0.3 is 10.5 Å². The first kappa shape index (κ1) is 10.2. The Labute approximate surface area is 89.2 Å². The van der Waals surface area contributed by atoms with Crippen molar-refractivity contribution in [1.29, 1.82) is 0 Å². The maximum atomic E-state index is 11.3. The van der Waals surface area contributed by atoms with Crippen LogP contribution in [0.3, 0.4) is 0 Å². The first-order valence-electron chi connectivity index (χ1n) is 5.19. The Morgan fingerprint density at radius 2 is 2.33 bits per heavy atom. The molecule has 0 amide bonds. The number of fused-ring (bicyclic) bond motifs is 1. The van der Waals surface area contributed by atoms with Crippen LogP contribution in [0.2, 0.25) is 0 Å². The summed E-state index contributed by atoms with van der Waals surface area (Å²) in [5.74, 6) is -0.296. The van der Waals surface area contributed by atoms with Crippen LogP contribution in [0.25, 0.3) is 0 Å². The molecule has 1 aliphatic rings.